The highest BCUT2D eigenvalue weighted by atomic mass is 16.5. The number of carbonyl (C=O) groups excluding carboxylic acids is 1. The summed E-state index contributed by atoms with van der Waals surface area (Å²) < 4.78 is 4.75. The number of hydrogen-bond donors (Lipinski definition) is 1. The van der Waals surface area contributed by atoms with Crippen molar-refractivity contribution in [1.29, 1.82) is 0 Å². The molecule has 1 aromatic rings. The molecule has 0 aromatic carbocycles. The van der Waals surface area contributed by atoms with Crippen LogP contribution in [0.4, 0.5) is 0 Å². The second-order valence-electron chi connectivity index (χ2n) is 2.85. The van der Waals surface area contributed by atoms with Gasteiger partial charge in [-0.1, -0.05) is 6.08 Å². The van der Waals surface area contributed by atoms with Crippen LogP contribution in [0, 0.1) is 0 Å². The lowest BCUT2D eigenvalue weighted by atomic mass is 10.3. The van der Waals surface area contributed by atoms with E-state index < -0.39 is 0 Å². The summed E-state index contributed by atoms with van der Waals surface area (Å²) in [6.07, 6.45) is 4.97. The first kappa shape index (κ1) is 11.2. The molecule has 0 spiro atoms. The molecule has 0 amide bonds. The number of aromatic hydroxyl groups is 1. The van der Waals surface area contributed by atoms with E-state index in [0.29, 0.717) is 12.3 Å². The SMILES string of the molecule is CCOC(=O)CC=Cc1ccc(O)cn1. The lowest BCUT2D eigenvalue weighted by molar-refractivity contribution is -0.142. The zero-order chi connectivity index (χ0) is 11.1. The van der Waals surface area contributed by atoms with Crippen LogP contribution in [0.25, 0.3) is 6.08 Å². The van der Waals surface area contributed by atoms with Crippen molar-refractivity contribution in [2.24, 2.45) is 0 Å². The van der Waals surface area contributed by atoms with Crippen LogP contribution in [0.15, 0.2) is 24.4 Å². The zero-order valence-corrected chi connectivity index (χ0v) is 8.51. The van der Waals surface area contributed by atoms with Crippen molar-refractivity contribution >= 4 is 12.0 Å². The van der Waals surface area contributed by atoms with E-state index in [1.54, 1.807) is 25.1 Å². The summed E-state index contributed by atoms with van der Waals surface area (Å²) in [5, 5.41) is 8.98. The van der Waals surface area contributed by atoms with Crippen LogP contribution in [-0.4, -0.2) is 22.7 Å². The Balaban J connectivity index is 2.44. The first-order valence-corrected chi connectivity index (χ1v) is 4.69. The standard InChI is InChI=1S/C11H13NO3/c1-2-15-11(14)5-3-4-9-6-7-10(13)8-12-9/h3-4,6-8,13H,2,5H2,1H3. The number of carbonyl (C=O) groups is 1. The largest absolute Gasteiger partial charge is 0.506 e. The molecule has 1 aromatic heterocycles. The lowest BCUT2D eigenvalue weighted by Gasteiger charge is -1.96. The Labute approximate surface area is 88.2 Å². The van der Waals surface area contributed by atoms with Crippen LogP contribution < -0.4 is 0 Å². The smallest absolute Gasteiger partial charge is 0.309 e. The fraction of sp³-hybridized carbons (Fsp3) is 0.273. The fourth-order valence-corrected chi connectivity index (χ4v) is 0.992. The van der Waals surface area contributed by atoms with Crippen LogP contribution in [0.2, 0.25) is 0 Å². The molecule has 1 rings (SSSR count). The van der Waals surface area contributed by atoms with Crippen molar-refractivity contribution in [3.8, 4) is 5.75 Å². The Morgan fingerprint density at radius 2 is 2.40 bits per heavy atom. The Kier molecular flexibility index (Phi) is 4.34. The van der Waals surface area contributed by atoms with Crippen molar-refractivity contribution in [1.82, 2.24) is 4.98 Å². The van der Waals surface area contributed by atoms with Gasteiger partial charge in [0.15, 0.2) is 0 Å². The average Bonchev–Trinajstić information content (AvgIpc) is 2.21. The van der Waals surface area contributed by atoms with Gasteiger partial charge >= 0.3 is 5.97 Å². The molecule has 0 atom stereocenters. The predicted octanol–water partition coefficient (Wildman–Crippen LogP) is 1.75. The molecule has 0 saturated heterocycles. The molecule has 0 unspecified atom stereocenters. The van der Waals surface area contributed by atoms with E-state index in [2.05, 4.69) is 4.98 Å². The van der Waals surface area contributed by atoms with E-state index in [0.717, 1.165) is 0 Å². The van der Waals surface area contributed by atoms with Gasteiger partial charge in [0.1, 0.15) is 5.75 Å². The fourth-order valence-electron chi connectivity index (χ4n) is 0.992. The third-order valence-corrected chi connectivity index (χ3v) is 1.65. The quantitative estimate of drug-likeness (QED) is 0.764. The third-order valence-electron chi connectivity index (χ3n) is 1.65. The van der Waals surface area contributed by atoms with E-state index in [4.69, 9.17) is 9.84 Å². The van der Waals surface area contributed by atoms with Gasteiger partial charge in [-0.15, -0.1) is 0 Å². The third kappa shape index (κ3) is 4.26. The van der Waals surface area contributed by atoms with E-state index in [1.165, 1.54) is 12.3 Å². The molecular weight excluding hydrogens is 194 g/mol. The Bertz CT molecular complexity index is 343. The maximum absolute atomic E-state index is 11.0. The highest BCUT2D eigenvalue weighted by molar-refractivity contribution is 5.72. The molecule has 0 radical (unpaired) electrons. The highest BCUT2D eigenvalue weighted by Gasteiger charge is 1.96. The van der Waals surface area contributed by atoms with Crippen molar-refractivity contribution in [2.75, 3.05) is 6.61 Å². The molecule has 0 fully saturated rings. The Hall–Kier alpha value is -1.84. The van der Waals surface area contributed by atoms with Crippen molar-refractivity contribution in [3.63, 3.8) is 0 Å². The molecule has 0 saturated carbocycles. The first-order chi connectivity index (χ1) is 7.22. The second-order valence-corrected chi connectivity index (χ2v) is 2.85. The van der Waals surface area contributed by atoms with E-state index in [9.17, 15) is 4.79 Å². The lowest BCUT2D eigenvalue weighted by Crippen LogP contribution is -2.01. The van der Waals surface area contributed by atoms with Crippen LogP contribution in [-0.2, 0) is 9.53 Å². The first-order valence-electron chi connectivity index (χ1n) is 4.69. The monoisotopic (exact) mass is 207 g/mol. The summed E-state index contributed by atoms with van der Waals surface area (Å²) in [6, 6.07) is 3.20. The average molecular weight is 207 g/mol. The molecule has 15 heavy (non-hydrogen) atoms. The summed E-state index contributed by atoms with van der Waals surface area (Å²) >= 11 is 0. The van der Waals surface area contributed by atoms with Crippen LogP contribution in [0.1, 0.15) is 19.0 Å². The summed E-state index contributed by atoms with van der Waals surface area (Å²) in [4.78, 5) is 14.9. The van der Waals surface area contributed by atoms with Crippen molar-refractivity contribution in [2.45, 2.75) is 13.3 Å². The maximum Gasteiger partial charge on any atom is 0.309 e. The predicted molar refractivity (Wildman–Crippen MR) is 56.2 cm³/mol. The number of esters is 1. The molecule has 4 heteroatoms. The minimum Gasteiger partial charge on any atom is -0.506 e. The van der Waals surface area contributed by atoms with Crippen LogP contribution >= 0.6 is 0 Å². The topological polar surface area (TPSA) is 59.4 Å². The van der Waals surface area contributed by atoms with Gasteiger partial charge in [-0.25, -0.2) is 0 Å². The Morgan fingerprint density at radius 1 is 1.60 bits per heavy atom. The molecule has 1 heterocycles. The van der Waals surface area contributed by atoms with Gasteiger partial charge in [0, 0.05) is 0 Å². The molecule has 80 valence electrons. The number of rotatable bonds is 4. The van der Waals surface area contributed by atoms with Gasteiger partial charge in [0.05, 0.1) is 24.9 Å². The molecular formula is C11H13NO3. The molecule has 0 aliphatic carbocycles. The van der Waals surface area contributed by atoms with Gasteiger partial charge in [-0.2, -0.15) is 0 Å². The molecule has 1 N–H and O–H groups in total. The number of nitrogens with zero attached hydrogens (tertiary/aromatic N) is 1. The molecule has 0 bridgehead atoms. The minimum atomic E-state index is -0.257. The summed E-state index contributed by atoms with van der Waals surface area (Å²) in [6.45, 7) is 2.16. The second kappa shape index (κ2) is 5.80. The van der Waals surface area contributed by atoms with Crippen molar-refractivity contribution in [3.05, 3.63) is 30.1 Å². The van der Waals surface area contributed by atoms with Gasteiger partial charge in [-0.05, 0) is 25.1 Å². The van der Waals surface area contributed by atoms with Gasteiger partial charge in [0.25, 0.3) is 0 Å². The van der Waals surface area contributed by atoms with E-state index >= 15 is 0 Å². The van der Waals surface area contributed by atoms with Crippen LogP contribution in [0.5, 0.6) is 5.75 Å². The summed E-state index contributed by atoms with van der Waals surface area (Å²) in [5.41, 5.74) is 0.692. The molecule has 0 aliphatic heterocycles. The number of aromatic nitrogens is 1. The molecule has 4 nitrogen and oxygen atoms in total. The van der Waals surface area contributed by atoms with E-state index in [1.807, 2.05) is 0 Å². The normalized spacial score (nSPS) is 10.5. The number of pyridine rings is 1. The summed E-state index contributed by atoms with van der Waals surface area (Å²) in [7, 11) is 0. The Morgan fingerprint density at radius 3 is 3.00 bits per heavy atom. The van der Waals surface area contributed by atoms with Crippen LogP contribution in [0.3, 0.4) is 0 Å². The summed E-state index contributed by atoms with van der Waals surface area (Å²) in [5.74, 6) is -0.134. The van der Waals surface area contributed by atoms with Gasteiger partial charge in [0.2, 0.25) is 0 Å². The van der Waals surface area contributed by atoms with Crippen molar-refractivity contribution < 1.29 is 14.6 Å². The maximum atomic E-state index is 11.0. The van der Waals surface area contributed by atoms with Gasteiger partial charge in [-0.3, -0.25) is 9.78 Å². The molecule has 0 aliphatic rings. The van der Waals surface area contributed by atoms with Gasteiger partial charge < -0.3 is 9.84 Å². The highest BCUT2D eigenvalue weighted by Crippen LogP contribution is 2.07. The number of ether oxygens (including phenoxy) is 1. The van der Waals surface area contributed by atoms with E-state index in [-0.39, 0.29) is 18.1 Å². The minimum absolute atomic E-state index is 0.123. The zero-order valence-electron chi connectivity index (χ0n) is 8.51. The number of hydrogen-bond acceptors (Lipinski definition) is 4.